The zero-order valence-electron chi connectivity index (χ0n) is 11.1. The Bertz CT molecular complexity index is 381. The molecule has 0 spiro atoms. The average Bonchev–Trinajstić information content (AvgIpc) is 2.58. The molecule has 1 atom stereocenters. The Kier molecular flexibility index (Phi) is 4.65. The van der Waals surface area contributed by atoms with Crippen molar-refractivity contribution >= 4 is 17.2 Å². The van der Waals surface area contributed by atoms with Crippen molar-refractivity contribution in [2.75, 3.05) is 6.54 Å². The van der Waals surface area contributed by atoms with Crippen LogP contribution in [0.3, 0.4) is 0 Å². The average molecular weight is 255 g/mol. The summed E-state index contributed by atoms with van der Waals surface area (Å²) in [5.41, 5.74) is -0.181. The third-order valence-electron chi connectivity index (χ3n) is 2.09. The molecule has 17 heavy (non-hydrogen) atoms. The van der Waals surface area contributed by atoms with Crippen LogP contribution in [0.5, 0.6) is 0 Å². The lowest BCUT2D eigenvalue weighted by molar-refractivity contribution is -0.121. The van der Waals surface area contributed by atoms with Gasteiger partial charge in [0.15, 0.2) is 0 Å². The molecule has 2 N–H and O–H groups in total. The molecular weight excluding hydrogens is 234 g/mol. The Labute approximate surface area is 107 Å². The number of carbonyl (C=O) groups is 1. The summed E-state index contributed by atoms with van der Waals surface area (Å²) in [6, 6.07) is 0.111. The predicted molar refractivity (Wildman–Crippen MR) is 71.2 cm³/mol. The largest absolute Gasteiger partial charge is 0.350 e. The van der Waals surface area contributed by atoms with Gasteiger partial charge in [0.2, 0.25) is 5.91 Å². The standard InChI is InChI=1S/C12H21N3OS/c1-8-6-14-11(17-8)9(2)13-7-10(16)15-12(3,4)5/h6,9,13H,7H2,1-5H3,(H,15,16)/t9-/m0/s1. The highest BCUT2D eigenvalue weighted by Crippen LogP contribution is 2.18. The second-order valence-electron chi connectivity index (χ2n) is 5.21. The second-order valence-corrected chi connectivity index (χ2v) is 6.48. The first-order valence-electron chi connectivity index (χ1n) is 5.74. The van der Waals surface area contributed by atoms with Crippen molar-refractivity contribution in [2.24, 2.45) is 0 Å². The van der Waals surface area contributed by atoms with E-state index in [0.717, 1.165) is 5.01 Å². The first-order chi connectivity index (χ1) is 7.78. The number of amides is 1. The van der Waals surface area contributed by atoms with Crippen LogP contribution in [0.25, 0.3) is 0 Å². The Morgan fingerprint density at radius 1 is 1.53 bits per heavy atom. The van der Waals surface area contributed by atoms with E-state index < -0.39 is 0 Å². The van der Waals surface area contributed by atoms with E-state index in [9.17, 15) is 4.79 Å². The topological polar surface area (TPSA) is 54.0 Å². The number of thiazole rings is 1. The van der Waals surface area contributed by atoms with Crippen LogP contribution in [0.2, 0.25) is 0 Å². The third-order valence-corrected chi connectivity index (χ3v) is 3.19. The monoisotopic (exact) mass is 255 g/mol. The fourth-order valence-corrected chi connectivity index (χ4v) is 2.17. The lowest BCUT2D eigenvalue weighted by atomic mass is 10.1. The summed E-state index contributed by atoms with van der Waals surface area (Å²) < 4.78 is 0. The molecule has 5 heteroatoms. The smallest absolute Gasteiger partial charge is 0.234 e. The molecule has 1 rings (SSSR count). The number of nitrogens with zero attached hydrogens (tertiary/aromatic N) is 1. The Morgan fingerprint density at radius 2 is 2.18 bits per heavy atom. The van der Waals surface area contributed by atoms with Crippen LogP contribution in [0.1, 0.15) is 43.6 Å². The molecule has 0 radical (unpaired) electrons. The molecule has 96 valence electrons. The number of rotatable bonds is 4. The first-order valence-corrected chi connectivity index (χ1v) is 6.56. The number of carbonyl (C=O) groups excluding carboxylic acids is 1. The Balaban J connectivity index is 2.38. The van der Waals surface area contributed by atoms with Crippen molar-refractivity contribution in [1.82, 2.24) is 15.6 Å². The van der Waals surface area contributed by atoms with Gasteiger partial charge in [-0.1, -0.05) is 0 Å². The molecular formula is C12H21N3OS. The maximum atomic E-state index is 11.6. The fourth-order valence-electron chi connectivity index (χ4n) is 1.37. The fraction of sp³-hybridized carbons (Fsp3) is 0.667. The lowest BCUT2D eigenvalue weighted by Gasteiger charge is -2.21. The van der Waals surface area contributed by atoms with Gasteiger partial charge in [-0.2, -0.15) is 0 Å². The van der Waals surface area contributed by atoms with Crippen molar-refractivity contribution in [1.29, 1.82) is 0 Å². The number of aromatic nitrogens is 1. The summed E-state index contributed by atoms with van der Waals surface area (Å²) >= 11 is 1.66. The van der Waals surface area contributed by atoms with Crippen LogP contribution in [-0.2, 0) is 4.79 Å². The zero-order valence-corrected chi connectivity index (χ0v) is 11.9. The molecule has 0 fully saturated rings. The van der Waals surface area contributed by atoms with Gasteiger partial charge >= 0.3 is 0 Å². The van der Waals surface area contributed by atoms with Crippen LogP contribution in [0.4, 0.5) is 0 Å². The molecule has 0 saturated heterocycles. The van der Waals surface area contributed by atoms with Crippen molar-refractivity contribution in [3.8, 4) is 0 Å². The lowest BCUT2D eigenvalue weighted by Crippen LogP contribution is -2.45. The SMILES string of the molecule is Cc1cnc([C@H](C)NCC(=O)NC(C)(C)C)s1. The van der Waals surface area contributed by atoms with E-state index in [-0.39, 0.29) is 17.5 Å². The Morgan fingerprint density at radius 3 is 2.65 bits per heavy atom. The molecule has 0 unspecified atom stereocenters. The molecule has 0 aliphatic rings. The number of aryl methyl sites for hydroxylation is 1. The van der Waals surface area contributed by atoms with Crippen molar-refractivity contribution in [3.63, 3.8) is 0 Å². The van der Waals surface area contributed by atoms with E-state index in [1.165, 1.54) is 4.88 Å². The van der Waals surface area contributed by atoms with E-state index in [1.807, 2.05) is 40.8 Å². The highest BCUT2D eigenvalue weighted by Gasteiger charge is 2.15. The van der Waals surface area contributed by atoms with Crippen molar-refractivity contribution in [3.05, 3.63) is 16.1 Å². The predicted octanol–water partition coefficient (Wildman–Crippen LogP) is 2.02. The van der Waals surface area contributed by atoms with Crippen LogP contribution < -0.4 is 10.6 Å². The highest BCUT2D eigenvalue weighted by atomic mass is 32.1. The molecule has 0 saturated carbocycles. The summed E-state index contributed by atoms with van der Waals surface area (Å²) in [5, 5.41) is 7.10. The number of hydrogen-bond acceptors (Lipinski definition) is 4. The van der Waals surface area contributed by atoms with Gasteiger partial charge in [0, 0.05) is 16.6 Å². The van der Waals surface area contributed by atoms with Crippen LogP contribution in [0, 0.1) is 6.92 Å². The Hall–Kier alpha value is -0.940. The molecule has 1 amide bonds. The van der Waals surface area contributed by atoms with Gasteiger partial charge in [-0.25, -0.2) is 4.98 Å². The van der Waals surface area contributed by atoms with Gasteiger partial charge in [0.25, 0.3) is 0 Å². The van der Waals surface area contributed by atoms with Gasteiger partial charge in [-0.15, -0.1) is 11.3 Å². The summed E-state index contributed by atoms with van der Waals surface area (Å²) in [7, 11) is 0. The van der Waals surface area contributed by atoms with E-state index >= 15 is 0 Å². The summed E-state index contributed by atoms with van der Waals surface area (Å²) in [4.78, 5) is 17.1. The minimum absolute atomic E-state index is 0.0117. The molecule has 1 aromatic heterocycles. The molecule has 0 bridgehead atoms. The molecule has 1 aromatic rings. The molecule has 4 nitrogen and oxygen atoms in total. The van der Waals surface area contributed by atoms with E-state index in [4.69, 9.17) is 0 Å². The first kappa shape index (κ1) is 14.1. The third kappa shape index (κ3) is 5.28. The highest BCUT2D eigenvalue weighted by molar-refractivity contribution is 7.11. The van der Waals surface area contributed by atoms with Crippen LogP contribution in [-0.4, -0.2) is 23.0 Å². The van der Waals surface area contributed by atoms with Crippen molar-refractivity contribution in [2.45, 2.75) is 46.2 Å². The normalized spacial score (nSPS) is 13.5. The molecule has 0 aliphatic heterocycles. The maximum Gasteiger partial charge on any atom is 0.234 e. The number of hydrogen-bond donors (Lipinski definition) is 2. The molecule has 1 heterocycles. The minimum Gasteiger partial charge on any atom is -0.350 e. The van der Waals surface area contributed by atoms with Gasteiger partial charge in [-0.05, 0) is 34.6 Å². The van der Waals surface area contributed by atoms with Crippen LogP contribution >= 0.6 is 11.3 Å². The van der Waals surface area contributed by atoms with Gasteiger partial charge in [-0.3, -0.25) is 10.1 Å². The summed E-state index contributed by atoms with van der Waals surface area (Å²) in [5.74, 6) is 0.0117. The van der Waals surface area contributed by atoms with E-state index in [0.29, 0.717) is 6.54 Å². The quantitative estimate of drug-likeness (QED) is 0.865. The van der Waals surface area contributed by atoms with Gasteiger partial charge in [0.1, 0.15) is 5.01 Å². The van der Waals surface area contributed by atoms with E-state index in [2.05, 4.69) is 15.6 Å². The maximum absolute atomic E-state index is 11.6. The van der Waals surface area contributed by atoms with Gasteiger partial charge in [0.05, 0.1) is 12.6 Å². The van der Waals surface area contributed by atoms with Crippen LogP contribution in [0.15, 0.2) is 6.20 Å². The zero-order chi connectivity index (χ0) is 13.1. The summed E-state index contributed by atoms with van der Waals surface area (Å²) in [6.45, 7) is 10.3. The van der Waals surface area contributed by atoms with Gasteiger partial charge < -0.3 is 5.32 Å². The second kappa shape index (κ2) is 5.60. The summed E-state index contributed by atoms with van der Waals surface area (Å²) in [6.07, 6.45) is 1.85. The number of nitrogens with one attached hydrogen (secondary N) is 2. The van der Waals surface area contributed by atoms with E-state index in [1.54, 1.807) is 11.3 Å². The minimum atomic E-state index is -0.181. The molecule has 0 aromatic carbocycles. The van der Waals surface area contributed by atoms with Crippen molar-refractivity contribution < 1.29 is 4.79 Å². The molecule has 0 aliphatic carbocycles.